The van der Waals surface area contributed by atoms with E-state index in [-0.39, 0.29) is 6.54 Å². The van der Waals surface area contributed by atoms with E-state index < -0.39 is 24.3 Å². The molecule has 0 bridgehead atoms. The zero-order valence-corrected chi connectivity index (χ0v) is 11.8. The predicted octanol–water partition coefficient (Wildman–Crippen LogP) is 1.75. The van der Waals surface area contributed by atoms with E-state index in [1.807, 2.05) is 0 Å². The van der Waals surface area contributed by atoms with Crippen molar-refractivity contribution in [1.29, 1.82) is 0 Å². The van der Waals surface area contributed by atoms with Crippen molar-refractivity contribution in [3.8, 4) is 0 Å². The summed E-state index contributed by atoms with van der Waals surface area (Å²) in [5.41, 5.74) is 6.18. The minimum Gasteiger partial charge on any atom is -0.481 e. The Balaban J connectivity index is 2.74. The number of nitrogens with two attached hydrogens (primary N) is 1. The number of benzene rings is 1. The van der Waals surface area contributed by atoms with Crippen LogP contribution in [-0.2, 0) is 16.1 Å². The second kappa shape index (κ2) is 6.75. The lowest BCUT2D eigenvalue weighted by molar-refractivity contribution is -0.141. The van der Waals surface area contributed by atoms with Gasteiger partial charge in [-0.3, -0.25) is 9.59 Å². The number of carboxylic acids is 1. The SMILES string of the molecule is CN(Cc1cccc(Cl)c1Cl)C(=O)C(N)CC(=O)O. The van der Waals surface area contributed by atoms with Gasteiger partial charge < -0.3 is 15.7 Å². The molecule has 0 spiro atoms. The summed E-state index contributed by atoms with van der Waals surface area (Å²) in [6.07, 6.45) is -0.410. The Kier molecular flexibility index (Phi) is 5.60. The highest BCUT2D eigenvalue weighted by atomic mass is 35.5. The zero-order chi connectivity index (χ0) is 14.6. The molecule has 104 valence electrons. The topological polar surface area (TPSA) is 83.6 Å². The Hall–Kier alpha value is -1.30. The van der Waals surface area contributed by atoms with Crippen LogP contribution in [0, 0.1) is 0 Å². The molecule has 1 rings (SSSR count). The molecule has 0 aliphatic carbocycles. The van der Waals surface area contributed by atoms with Gasteiger partial charge in [0.2, 0.25) is 5.91 Å². The summed E-state index contributed by atoms with van der Waals surface area (Å²) in [7, 11) is 1.53. The smallest absolute Gasteiger partial charge is 0.305 e. The summed E-state index contributed by atoms with van der Waals surface area (Å²) in [5, 5.41) is 9.36. The third-order valence-corrected chi connectivity index (χ3v) is 3.39. The van der Waals surface area contributed by atoms with E-state index in [4.69, 9.17) is 34.0 Å². The molecule has 1 atom stereocenters. The van der Waals surface area contributed by atoms with E-state index in [2.05, 4.69) is 0 Å². The molecule has 0 aliphatic rings. The lowest BCUT2D eigenvalue weighted by atomic mass is 10.1. The number of likely N-dealkylation sites (N-methyl/N-ethyl adjacent to an activating group) is 1. The van der Waals surface area contributed by atoms with Crippen LogP contribution in [-0.4, -0.2) is 35.0 Å². The maximum absolute atomic E-state index is 11.8. The van der Waals surface area contributed by atoms with Gasteiger partial charge in [0.05, 0.1) is 22.5 Å². The van der Waals surface area contributed by atoms with Crippen LogP contribution in [0.25, 0.3) is 0 Å². The van der Waals surface area contributed by atoms with Gasteiger partial charge in [-0.1, -0.05) is 35.3 Å². The molecule has 5 nitrogen and oxygen atoms in total. The van der Waals surface area contributed by atoms with Crippen LogP contribution in [0.15, 0.2) is 18.2 Å². The Bertz CT molecular complexity index is 494. The van der Waals surface area contributed by atoms with E-state index in [9.17, 15) is 9.59 Å². The lowest BCUT2D eigenvalue weighted by Gasteiger charge is -2.21. The number of nitrogens with zero attached hydrogens (tertiary/aromatic N) is 1. The summed E-state index contributed by atoms with van der Waals surface area (Å²) >= 11 is 11.9. The highest BCUT2D eigenvalue weighted by Gasteiger charge is 2.21. The molecule has 0 radical (unpaired) electrons. The number of rotatable bonds is 5. The highest BCUT2D eigenvalue weighted by Crippen LogP contribution is 2.26. The van der Waals surface area contributed by atoms with E-state index in [1.165, 1.54) is 11.9 Å². The first-order chi connectivity index (χ1) is 8.82. The van der Waals surface area contributed by atoms with E-state index in [1.54, 1.807) is 18.2 Å². The summed E-state index contributed by atoms with van der Waals surface area (Å²) in [5.74, 6) is -1.58. The van der Waals surface area contributed by atoms with Crippen LogP contribution >= 0.6 is 23.2 Å². The summed E-state index contributed by atoms with van der Waals surface area (Å²) in [6, 6.07) is 4.03. The van der Waals surface area contributed by atoms with Crippen molar-refractivity contribution in [2.75, 3.05) is 7.05 Å². The molecule has 0 saturated carbocycles. The molecule has 1 aromatic rings. The van der Waals surface area contributed by atoms with Gasteiger partial charge in [-0.15, -0.1) is 0 Å². The number of carbonyl (C=O) groups excluding carboxylic acids is 1. The van der Waals surface area contributed by atoms with Crippen LogP contribution in [0.1, 0.15) is 12.0 Å². The van der Waals surface area contributed by atoms with Crippen molar-refractivity contribution >= 4 is 35.1 Å². The number of hydrogen-bond donors (Lipinski definition) is 2. The number of carboxylic acid groups (broad SMARTS) is 1. The number of carbonyl (C=O) groups is 2. The Labute approximate surface area is 120 Å². The van der Waals surface area contributed by atoms with Gasteiger partial charge in [-0.2, -0.15) is 0 Å². The normalized spacial score (nSPS) is 12.0. The number of aliphatic carboxylic acids is 1. The van der Waals surface area contributed by atoms with Crippen molar-refractivity contribution in [2.24, 2.45) is 5.73 Å². The fraction of sp³-hybridized carbons (Fsp3) is 0.333. The first-order valence-electron chi connectivity index (χ1n) is 5.48. The standard InChI is InChI=1S/C12H14Cl2N2O3/c1-16(12(19)9(15)5-10(17)18)6-7-3-2-4-8(13)11(7)14/h2-4,9H,5-6,15H2,1H3,(H,17,18). The second-order valence-electron chi connectivity index (χ2n) is 4.11. The number of amides is 1. The minimum atomic E-state index is -1.12. The molecule has 0 saturated heterocycles. The molecule has 0 aromatic heterocycles. The minimum absolute atomic E-state index is 0.214. The van der Waals surface area contributed by atoms with Crippen molar-refractivity contribution in [3.05, 3.63) is 33.8 Å². The first kappa shape index (κ1) is 15.8. The third kappa shape index (κ3) is 4.38. The summed E-state index contributed by atoms with van der Waals surface area (Å²) < 4.78 is 0. The van der Waals surface area contributed by atoms with Crippen LogP contribution < -0.4 is 5.73 Å². The average molecular weight is 305 g/mol. The van der Waals surface area contributed by atoms with Crippen LogP contribution in [0.2, 0.25) is 10.0 Å². The van der Waals surface area contributed by atoms with Crippen LogP contribution in [0.4, 0.5) is 0 Å². The summed E-state index contributed by atoms with van der Waals surface area (Å²) in [6.45, 7) is 0.214. The quantitative estimate of drug-likeness (QED) is 0.868. The fourth-order valence-corrected chi connectivity index (χ4v) is 1.94. The van der Waals surface area contributed by atoms with E-state index in [0.717, 1.165) is 0 Å². The molecule has 1 unspecified atom stereocenters. The van der Waals surface area contributed by atoms with Gasteiger partial charge in [0.25, 0.3) is 0 Å². The Morgan fingerprint density at radius 3 is 2.63 bits per heavy atom. The monoisotopic (exact) mass is 304 g/mol. The molecule has 0 aliphatic heterocycles. The average Bonchev–Trinajstić information content (AvgIpc) is 2.33. The van der Waals surface area contributed by atoms with Crippen molar-refractivity contribution in [1.82, 2.24) is 4.90 Å². The van der Waals surface area contributed by atoms with Gasteiger partial charge in [0, 0.05) is 13.6 Å². The van der Waals surface area contributed by atoms with Crippen LogP contribution in [0.5, 0.6) is 0 Å². The molecular weight excluding hydrogens is 291 g/mol. The maximum atomic E-state index is 11.8. The Morgan fingerprint density at radius 2 is 2.05 bits per heavy atom. The van der Waals surface area contributed by atoms with E-state index in [0.29, 0.717) is 15.6 Å². The predicted molar refractivity (Wildman–Crippen MR) is 73.2 cm³/mol. The molecule has 3 N–H and O–H groups in total. The highest BCUT2D eigenvalue weighted by molar-refractivity contribution is 6.42. The first-order valence-corrected chi connectivity index (χ1v) is 6.23. The van der Waals surface area contributed by atoms with Crippen molar-refractivity contribution in [3.63, 3.8) is 0 Å². The van der Waals surface area contributed by atoms with Crippen LogP contribution in [0.3, 0.4) is 0 Å². The largest absolute Gasteiger partial charge is 0.481 e. The van der Waals surface area contributed by atoms with E-state index >= 15 is 0 Å². The third-order valence-electron chi connectivity index (χ3n) is 2.53. The molecule has 0 fully saturated rings. The molecule has 0 heterocycles. The molecule has 19 heavy (non-hydrogen) atoms. The second-order valence-corrected chi connectivity index (χ2v) is 4.90. The zero-order valence-electron chi connectivity index (χ0n) is 10.3. The molecule has 1 aromatic carbocycles. The molecular formula is C12H14Cl2N2O3. The lowest BCUT2D eigenvalue weighted by Crippen LogP contribution is -2.42. The summed E-state index contributed by atoms with van der Waals surface area (Å²) in [4.78, 5) is 23.7. The van der Waals surface area contributed by atoms with Gasteiger partial charge in [-0.25, -0.2) is 0 Å². The Morgan fingerprint density at radius 1 is 1.42 bits per heavy atom. The fourth-order valence-electron chi connectivity index (χ4n) is 1.56. The van der Waals surface area contributed by atoms with Crippen molar-refractivity contribution in [2.45, 2.75) is 19.0 Å². The van der Waals surface area contributed by atoms with Gasteiger partial charge in [0.15, 0.2) is 0 Å². The molecule has 7 heteroatoms. The molecule has 1 amide bonds. The number of hydrogen-bond acceptors (Lipinski definition) is 3. The van der Waals surface area contributed by atoms with Gasteiger partial charge in [0.1, 0.15) is 0 Å². The van der Waals surface area contributed by atoms with Crippen molar-refractivity contribution < 1.29 is 14.7 Å². The number of halogens is 2. The van der Waals surface area contributed by atoms with Gasteiger partial charge >= 0.3 is 5.97 Å². The van der Waals surface area contributed by atoms with Gasteiger partial charge in [-0.05, 0) is 11.6 Å². The maximum Gasteiger partial charge on any atom is 0.305 e.